The molecular formula is C24H26N2O5. The molecule has 1 fully saturated rings. The fourth-order valence-electron chi connectivity index (χ4n) is 3.45. The molecule has 1 atom stereocenters. The van der Waals surface area contributed by atoms with E-state index in [1.165, 1.54) is 0 Å². The van der Waals surface area contributed by atoms with Gasteiger partial charge in [0, 0.05) is 36.3 Å². The Morgan fingerprint density at radius 1 is 1.10 bits per heavy atom. The second kappa shape index (κ2) is 9.55. The highest BCUT2D eigenvalue weighted by Crippen LogP contribution is 2.29. The Labute approximate surface area is 181 Å². The molecule has 3 rings (SSSR count). The van der Waals surface area contributed by atoms with Gasteiger partial charge in [-0.05, 0) is 55.3 Å². The van der Waals surface area contributed by atoms with Gasteiger partial charge in [-0.2, -0.15) is 0 Å². The first-order chi connectivity index (χ1) is 14.8. The number of hydrogen-bond acceptors (Lipinski definition) is 5. The van der Waals surface area contributed by atoms with E-state index in [0.717, 1.165) is 16.8 Å². The molecule has 1 saturated heterocycles. The van der Waals surface area contributed by atoms with Crippen LogP contribution >= 0.6 is 0 Å². The van der Waals surface area contributed by atoms with Crippen LogP contribution in [0.5, 0.6) is 0 Å². The van der Waals surface area contributed by atoms with Crippen LogP contribution in [0.15, 0.2) is 42.5 Å². The molecule has 0 aromatic heterocycles. The molecule has 1 aliphatic rings. The summed E-state index contributed by atoms with van der Waals surface area (Å²) in [5.74, 6) is -1.76. The molecule has 1 N–H and O–H groups in total. The molecule has 2 aromatic carbocycles. The number of nitrogens with one attached hydrogen (secondary N) is 1. The molecule has 1 heterocycles. The van der Waals surface area contributed by atoms with Crippen LogP contribution in [-0.2, 0) is 19.1 Å². The monoisotopic (exact) mass is 422 g/mol. The third-order valence-electron chi connectivity index (χ3n) is 5.48. The average molecular weight is 422 g/mol. The SMILES string of the molecule is CCC(=O)Nc1ccc(C(=O)COC(=O)[C@H]2CC(=O)N(c3cccc(C)c3C)C2)cc1. The van der Waals surface area contributed by atoms with E-state index in [4.69, 9.17) is 4.74 Å². The number of rotatable bonds is 7. The number of aryl methyl sites for hydroxylation is 1. The minimum absolute atomic E-state index is 0.0617. The van der Waals surface area contributed by atoms with Gasteiger partial charge in [0.05, 0.1) is 5.92 Å². The molecule has 0 radical (unpaired) electrons. The minimum atomic E-state index is -0.605. The summed E-state index contributed by atoms with van der Waals surface area (Å²) in [4.78, 5) is 50.3. The quantitative estimate of drug-likeness (QED) is 0.545. The Balaban J connectivity index is 1.56. The van der Waals surface area contributed by atoms with Crippen molar-refractivity contribution < 1.29 is 23.9 Å². The Morgan fingerprint density at radius 3 is 2.48 bits per heavy atom. The molecule has 7 heteroatoms. The van der Waals surface area contributed by atoms with Crippen molar-refractivity contribution in [3.63, 3.8) is 0 Å². The molecule has 0 spiro atoms. The lowest BCUT2D eigenvalue weighted by Gasteiger charge is -2.20. The summed E-state index contributed by atoms with van der Waals surface area (Å²) in [6, 6.07) is 12.1. The van der Waals surface area contributed by atoms with Gasteiger partial charge in [-0.25, -0.2) is 0 Å². The number of anilines is 2. The normalized spacial score (nSPS) is 15.6. The van der Waals surface area contributed by atoms with Gasteiger partial charge in [0.2, 0.25) is 11.8 Å². The van der Waals surface area contributed by atoms with E-state index in [-0.39, 0.29) is 30.6 Å². The van der Waals surface area contributed by atoms with Gasteiger partial charge in [-0.3, -0.25) is 19.2 Å². The predicted octanol–water partition coefficient (Wildman–Crippen LogP) is 3.43. The molecule has 2 amide bonds. The molecule has 31 heavy (non-hydrogen) atoms. The van der Waals surface area contributed by atoms with Crippen molar-refractivity contribution in [2.75, 3.05) is 23.4 Å². The number of esters is 1. The van der Waals surface area contributed by atoms with E-state index in [0.29, 0.717) is 17.7 Å². The first-order valence-electron chi connectivity index (χ1n) is 10.3. The first-order valence-corrected chi connectivity index (χ1v) is 10.3. The zero-order chi connectivity index (χ0) is 22.5. The number of carbonyl (C=O) groups is 4. The van der Waals surface area contributed by atoms with Gasteiger partial charge in [-0.1, -0.05) is 19.1 Å². The molecular weight excluding hydrogens is 396 g/mol. The molecule has 162 valence electrons. The maximum Gasteiger partial charge on any atom is 0.311 e. The topological polar surface area (TPSA) is 92.8 Å². The highest BCUT2D eigenvalue weighted by Gasteiger charge is 2.37. The maximum absolute atomic E-state index is 12.5. The molecule has 1 aliphatic heterocycles. The van der Waals surface area contributed by atoms with E-state index in [1.54, 1.807) is 36.1 Å². The van der Waals surface area contributed by atoms with E-state index < -0.39 is 18.5 Å². The van der Waals surface area contributed by atoms with E-state index >= 15 is 0 Å². The lowest BCUT2D eigenvalue weighted by atomic mass is 10.1. The molecule has 0 aliphatic carbocycles. The summed E-state index contributed by atoms with van der Waals surface area (Å²) < 4.78 is 5.20. The summed E-state index contributed by atoms with van der Waals surface area (Å²) >= 11 is 0. The van der Waals surface area contributed by atoms with Crippen LogP contribution in [0.1, 0.15) is 41.3 Å². The first kappa shape index (κ1) is 22.2. The van der Waals surface area contributed by atoms with Crippen LogP contribution in [0.4, 0.5) is 11.4 Å². The van der Waals surface area contributed by atoms with Crippen molar-refractivity contribution in [2.45, 2.75) is 33.6 Å². The maximum atomic E-state index is 12.5. The lowest BCUT2D eigenvalue weighted by molar-refractivity contribution is -0.147. The molecule has 0 saturated carbocycles. The summed E-state index contributed by atoms with van der Waals surface area (Å²) in [6.45, 7) is 5.51. The average Bonchev–Trinajstić information content (AvgIpc) is 3.15. The molecule has 0 unspecified atom stereocenters. The van der Waals surface area contributed by atoms with Crippen LogP contribution in [-0.4, -0.2) is 36.7 Å². The Morgan fingerprint density at radius 2 is 1.81 bits per heavy atom. The van der Waals surface area contributed by atoms with Crippen LogP contribution in [0, 0.1) is 19.8 Å². The number of ether oxygens (including phenoxy) is 1. The Bertz CT molecular complexity index is 1010. The summed E-state index contributed by atoms with van der Waals surface area (Å²) in [7, 11) is 0. The Hall–Kier alpha value is -3.48. The van der Waals surface area contributed by atoms with Crippen molar-refractivity contribution in [3.05, 3.63) is 59.2 Å². The highest BCUT2D eigenvalue weighted by molar-refractivity contribution is 6.01. The van der Waals surface area contributed by atoms with Crippen molar-refractivity contribution in [1.29, 1.82) is 0 Å². The highest BCUT2D eigenvalue weighted by atomic mass is 16.5. The van der Waals surface area contributed by atoms with Crippen LogP contribution in [0.25, 0.3) is 0 Å². The molecule has 7 nitrogen and oxygen atoms in total. The van der Waals surface area contributed by atoms with Gasteiger partial charge < -0.3 is 15.0 Å². The van der Waals surface area contributed by atoms with Gasteiger partial charge in [-0.15, -0.1) is 0 Å². The predicted molar refractivity (Wildman–Crippen MR) is 117 cm³/mol. The summed E-state index contributed by atoms with van der Waals surface area (Å²) in [5, 5.41) is 2.70. The van der Waals surface area contributed by atoms with Gasteiger partial charge in [0.15, 0.2) is 12.4 Å². The fourth-order valence-corrected chi connectivity index (χ4v) is 3.45. The number of amides is 2. The number of ketones is 1. The summed E-state index contributed by atoms with van der Waals surface area (Å²) in [5.41, 5.74) is 3.84. The Kier molecular flexibility index (Phi) is 6.84. The number of hydrogen-bond donors (Lipinski definition) is 1. The largest absolute Gasteiger partial charge is 0.457 e. The smallest absolute Gasteiger partial charge is 0.311 e. The number of benzene rings is 2. The zero-order valence-corrected chi connectivity index (χ0v) is 17.9. The third-order valence-corrected chi connectivity index (χ3v) is 5.48. The van der Waals surface area contributed by atoms with Crippen molar-refractivity contribution in [2.24, 2.45) is 5.92 Å². The molecule has 2 aromatic rings. The van der Waals surface area contributed by atoms with Crippen LogP contribution in [0.2, 0.25) is 0 Å². The second-order valence-corrected chi connectivity index (χ2v) is 7.63. The number of carbonyl (C=O) groups excluding carboxylic acids is 4. The minimum Gasteiger partial charge on any atom is -0.457 e. The standard InChI is InChI=1S/C24H26N2O5/c1-4-22(28)25-19-10-8-17(9-11-19)21(27)14-31-24(30)18-12-23(29)26(13-18)20-7-5-6-15(2)16(20)3/h5-11,18H,4,12-14H2,1-3H3,(H,25,28)/t18-/m0/s1. The second-order valence-electron chi connectivity index (χ2n) is 7.63. The number of nitrogens with zero attached hydrogens (tertiary/aromatic N) is 1. The van der Waals surface area contributed by atoms with Gasteiger partial charge in [0.1, 0.15) is 0 Å². The zero-order valence-electron chi connectivity index (χ0n) is 17.9. The third kappa shape index (κ3) is 5.17. The van der Waals surface area contributed by atoms with E-state index in [9.17, 15) is 19.2 Å². The van der Waals surface area contributed by atoms with E-state index in [2.05, 4.69) is 5.32 Å². The van der Waals surface area contributed by atoms with Crippen LogP contribution < -0.4 is 10.2 Å². The molecule has 0 bridgehead atoms. The number of Topliss-reactive ketones (excluding diaryl/α,β-unsaturated/α-hetero) is 1. The van der Waals surface area contributed by atoms with Crippen molar-refractivity contribution >= 4 is 34.9 Å². The van der Waals surface area contributed by atoms with Gasteiger partial charge >= 0.3 is 5.97 Å². The fraction of sp³-hybridized carbons (Fsp3) is 0.333. The summed E-state index contributed by atoms with van der Waals surface area (Å²) in [6.07, 6.45) is 0.424. The lowest BCUT2D eigenvalue weighted by Crippen LogP contribution is -2.27. The van der Waals surface area contributed by atoms with Crippen molar-refractivity contribution in [1.82, 2.24) is 0 Å². The van der Waals surface area contributed by atoms with Crippen molar-refractivity contribution in [3.8, 4) is 0 Å². The van der Waals surface area contributed by atoms with Gasteiger partial charge in [0.25, 0.3) is 0 Å². The van der Waals surface area contributed by atoms with E-state index in [1.807, 2.05) is 32.0 Å². The van der Waals surface area contributed by atoms with Crippen LogP contribution in [0.3, 0.4) is 0 Å².